The first-order valence-electron chi connectivity index (χ1n) is 8.21. The molecule has 2 aromatic rings. The summed E-state index contributed by atoms with van der Waals surface area (Å²) < 4.78 is 6.58. The van der Waals surface area contributed by atoms with Crippen molar-refractivity contribution in [3.8, 4) is 0 Å². The van der Waals surface area contributed by atoms with E-state index in [0.717, 1.165) is 14.5 Å². The first-order valence-corrected chi connectivity index (χ1v) is 10.2. The van der Waals surface area contributed by atoms with Gasteiger partial charge in [-0.3, -0.25) is 14.4 Å². The Hall–Kier alpha value is -1.90. The van der Waals surface area contributed by atoms with Gasteiger partial charge in [0.15, 0.2) is 6.61 Å². The molecule has 0 fully saturated rings. The molecule has 2 rings (SSSR count). The molecule has 148 valence electrons. The molecule has 2 N–H and O–H groups in total. The van der Waals surface area contributed by atoms with E-state index in [0.29, 0.717) is 16.4 Å². The molecule has 0 aromatic heterocycles. The number of rotatable bonds is 7. The summed E-state index contributed by atoms with van der Waals surface area (Å²) in [6, 6.07) is 10.4. The van der Waals surface area contributed by atoms with Crippen LogP contribution in [0.1, 0.15) is 18.4 Å². The summed E-state index contributed by atoms with van der Waals surface area (Å²) in [7, 11) is 0. The van der Waals surface area contributed by atoms with Gasteiger partial charge < -0.3 is 15.4 Å². The molecular weight excluding hydrogens is 515 g/mol. The van der Waals surface area contributed by atoms with E-state index < -0.39 is 18.5 Å². The van der Waals surface area contributed by atoms with Crippen LogP contribution in [0.15, 0.2) is 45.3 Å². The van der Waals surface area contributed by atoms with Crippen LogP contribution in [0.2, 0.25) is 5.02 Å². The molecular formula is C19H17Br2ClN2O4. The lowest BCUT2D eigenvalue weighted by Gasteiger charge is -2.09. The summed E-state index contributed by atoms with van der Waals surface area (Å²) in [5.41, 5.74) is 1.98. The van der Waals surface area contributed by atoms with Crippen LogP contribution in [-0.4, -0.2) is 24.4 Å². The van der Waals surface area contributed by atoms with E-state index in [2.05, 4.69) is 42.5 Å². The number of aryl methyl sites for hydroxylation is 1. The van der Waals surface area contributed by atoms with Crippen LogP contribution in [0.3, 0.4) is 0 Å². The Morgan fingerprint density at radius 1 is 0.929 bits per heavy atom. The summed E-state index contributed by atoms with van der Waals surface area (Å²) in [4.78, 5) is 35.6. The Labute approximate surface area is 184 Å². The van der Waals surface area contributed by atoms with Crippen molar-refractivity contribution in [2.24, 2.45) is 0 Å². The molecule has 9 heteroatoms. The number of benzene rings is 2. The molecule has 0 unspecified atom stereocenters. The van der Waals surface area contributed by atoms with Crippen LogP contribution in [0.25, 0.3) is 0 Å². The van der Waals surface area contributed by atoms with Crippen LogP contribution >= 0.6 is 43.5 Å². The predicted octanol–water partition coefficient (Wildman–Crippen LogP) is 5.07. The van der Waals surface area contributed by atoms with E-state index in [1.54, 1.807) is 24.3 Å². The van der Waals surface area contributed by atoms with E-state index in [1.807, 2.05) is 19.1 Å². The average molecular weight is 533 g/mol. The molecule has 0 saturated heterocycles. The van der Waals surface area contributed by atoms with Crippen LogP contribution < -0.4 is 10.6 Å². The molecule has 0 atom stereocenters. The molecule has 2 aromatic carbocycles. The zero-order valence-corrected chi connectivity index (χ0v) is 18.8. The third-order valence-electron chi connectivity index (χ3n) is 3.59. The number of amides is 2. The van der Waals surface area contributed by atoms with Crippen LogP contribution in [-0.2, 0) is 19.1 Å². The van der Waals surface area contributed by atoms with Crippen molar-refractivity contribution < 1.29 is 19.1 Å². The van der Waals surface area contributed by atoms with Gasteiger partial charge in [0.2, 0.25) is 5.91 Å². The van der Waals surface area contributed by atoms with Gasteiger partial charge >= 0.3 is 5.97 Å². The fourth-order valence-electron chi connectivity index (χ4n) is 2.19. The Bertz CT molecular complexity index is 834. The number of carbonyl (C=O) groups excluding carboxylic acids is 3. The number of ether oxygens (including phenoxy) is 1. The van der Waals surface area contributed by atoms with Gasteiger partial charge in [-0.2, -0.15) is 0 Å². The van der Waals surface area contributed by atoms with Crippen LogP contribution in [0, 0.1) is 6.92 Å². The zero-order chi connectivity index (χ0) is 20.7. The summed E-state index contributed by atoms with van der Waals surface area (Å²) in [6.45, 7) is 1.41. The topological polar surface area (TPSA) is 84.5 Å². The fourth-order valence-corrected chi connectivity index (χ4v) is 3.39. The van der Waals surface area contributed by atoms with Gasteiger partial charge in [0.05, 0.1) is 17.1 Å². The van der Waals surface area contributed by atoms with Crippen LogP contribution in [0.4, 0.5) is 11.4 Å². The smallest absolute Gasteiger partial charge is 0.306 e. The highest BCUT2D eigenvalue weighted by atomic mass is 79.9. The summed E-state index contributed by atoms with van der Waals surface area (Å²) in [6.07, 6.45) is -0.178. The summed E-state index contributed by atoms with van der Waals surface area (Å²) >= 11 is 12.6. The van der Waals surface area contributed by atoms with Crippen molar-refractivity contribution >= 4 is 72.6 Å². The minimum atomic E-state index is -0.639. The Kier molecular flexibility index (Phi) is 8.47. The third kappa shape index (κ3) is 7.26. The molecule has 28 heavy (non-hydrogen) atoms. The Morgan fingerprint density at radius 3 is 2.18 bits per heavy atom. The van der Waals surface area contributed by atoms with Gasteiger partial charge in [0.25, 0.3) is 5.91 Å². The van der Waals surface area contributed by atoms with E-state index >= 15 is 0 Å². The highest BCUT2D eigenvalue weighted by Crippen LogP contribution is 2.25. The number of halogens is 3. The SMILES string of the molecule is Cc1cc(Br)ccc1NC(=O)CCC(=O)OCC(=O)Nc1ccc(Br)cc1Cl. The molecule has 0 aliphatic heterocycles. The monoisotopic (exact) mass is 530 g/mol. The Morgan fingerprint density at radius 2 is 1.54 bits per heavy atom. The van der Waals surface area contributed by atoms with Crippen molar-refractivity contribution in [3.63, 3.8) is 0 Å². The van der Waals surface area contributed by atoms with Crippen molar-refractivity contribution in [1.29, 1.82) is 0 Å². The predicted molar refractivity (Wildman–Crippen MR) is 115 cm³/mol. The largest absolute Gasteiger partial charge is 0.456 e. The molecule has 0 radical (unpaired) electrons. The molecule has 0 heterocycles. The van der Waals surface area contributed by atoms with Crippen molar-refractivity contribution in [2.75, 3.05) is 17.2 Å². The molecule has 0 bridgehead atoms. The van der Waals surface area contributed by atoms with Gasteiger partial charge in [0, 0.05) is 21.1 Å². The normalized spacial score (nSPS) is 10.3. The van der Waals surface area contributed by atoms with E-state index in [-0.39, 0.29) is 18.7 Å². The molecule has 2 amide bonds. The standard InChI is InChI=1S/C19H17Br2ClN2O4/c1-11-8-12(20)2-4-15(11)23-17(25)6-7-19(27)28-10-18(26)24-16-5-3-13(21)9-14(16)22/h2-5,8-9H,6-7,10H2,1H3,(H,23,25)(H,24,26). The number of esters is 1. The first-order chi connectivity index (χ1) is 13.2. The molecule has 6 nitrogen and oxygen atoms in total. The van der Waals surface area contributed by atoms with Crippen molar-refractivity contribution in [2.45, 2.75) is 19.8 Å². The van der Waals surface area contributed by atoms with E-state index in [9.17, 15) is 14.4 Å². The van der Waals surface area contributed by atoms with Gasteiger partial charge in [0.1, 0.15) is 0 Å². The number of anilines is 2. The van der Waals surface area contributed by atoms with Gasteiger partial charge in [-0.15, -0.1) is 0 Å². The van der Waals surface area contributed by atoms with Crippen molar-refractivity contribution in [1.82, 2.24) is 0 Å². The van der Waals surface area contributed by atoms with Crippen molar-refractivity contribution in [3.05, 3.63) is 55.9 Å². The lowest BCUT2D eigenvalue weighted by Crippen LogP contribution is -2.22. The lowest BCUT2D eigenvalue weighted by molar-refractivity contribution is -0.147. The number of nitrogens with one attached hydrogen (secondary N) is 2. The van der Waals surface area contributed by atoms with Gasteiger partial charge in [-0.25, -0.2) is 0 Å². The number of hydrogen-bond donors (Lipinski definition) is 2. The minimum Gasteiger partial charge on any atom is -0.456 e. The lowest BCUT2D eigenvalue weighted by atomic mass is 10.2. The highest BCUT2D eigenvalue weighted by Gasteiger charge is 2.12. The second-order valence-electron chi connectivity index (χ2n) is 5.84. The molecule has 0 aliphatic rings. The third-order valence-corrected chi connectivity index (χ3v) is 4.89. The van der Waals surface area contributed by atoms with E-state index in [1.165, 1.54) is 0 Å². The average Bonchev–Trinajstić information content (AvgIpc) is 2.63. The summed E-state index contributed by atoms with van der Waals surface area (Å²) in [5, 5.41) is 5.64. The van der Waals surface area contributed by atoms with E-state index in [4.69, 9.17) is 16.3 Å². The molecule has 0 saturated carbocycles. The minimum absolute atomic E-state index is 0.0471. The quantitative estimate of drug-likeness (QED) is 0.488. The maximum Gasteiger partial charge on any atom is 0.306 e. The Balaban J connectivity index is 1.73. The second kappa shape index (κ2) is 10.6. The first kappa shape index (κ1) is 22.4. The molecule has 0 spiro atoms. The summed E-state index contributed by atoms with van der Waals surface area (Å²) in [5.74, 6) is -1.47. The van der Waals surface area contributed by atoms with Gasteiger partial charge in [-0.05, 0) is 48.9 Å². The van der Waals surface area contributed by atoms with Gasteiger partial charge in [-0.1, -0.05) is 43.5 Å². The fraction of sp³-hybridized carbons (Fsp3) is 0.211. The second-order valence-corrected chi connectivity index (χ2v) is 8.08. The number of hydrogen-bond acceptors (Lipinski definition) is 4. The maximum atomic E-state index is 12.0. The highest BCUT2D eigenvalue weighted by molar-refractivity contribution is 9.10. The molecule has 0 aliphatic carbocycles. The zero-order valence-electron chi connectivity index (χ0n) is 14.9. The van der Waals surface area contributed by atoms with Crippen LogP contribution in [0.5, 0.6) is 0 Å². The maximum absolute atomic E-state index is 12.0. The number of carbonyl (C=O) groups is 3.